The number of hydrogen-bond acceptors (Lipinski definition) is 4. The second-order valence-electron chi connectivity index (χ2n) is 3.89. The van der Waals surface area contributed by atoms with E-state index in [9.17, 15) is 8.78 Å². The highest BCUT2D eigenvalue weighted by Gasteiger charge is 2.09. The van der Waals surface area contributed by atoms with Gasteiger partial charge in [-0.3, -0.25) is 0 Å². The second-order valence-corrected chi connectivity index (χ2v) is 5.04. The zero-order valence-electron chi connectivity index (χ0n) is 9.70. The molecule has 0 saturated heterocycles. The number of hydrogen-bond donors (Lipinski definition) is 1. The van der Waals surface area contributed by atoms with Crippen molar-refractivity contribution < 1.29 is 8.78 Å². The van der Waals surface area contributed by atoms with Gasteiger partial charge in [-0.15, -0.1) is 21.5 Å². The van der Waals surface area contributed by atoms with Gasteiger partial charge in [0, 0.05) is 18.9 Å². The zero-order valence-corrected chi connectivity index (χ0v) is 10.5. The zero-order chi connectivity index (χ0) is 13.0. The van der Waals surface area contributed by atoms with Gasteiger partial charge < -0.3 is 5.73 Å². The average molecular weight is 269 g/mol. The van der Waals surface area contributed by atoms with Gasteiger partial charge >= 0.3 is 0 Å². The van der Waals surface area contributed by atoms with Crippen LogP contribution in [0.3, 0.4) is 0 Å². The van der Waals surface area contributed by atoms with Crippen LogP contribution in [0.15, 0.2) is 18.2 Å². The molecule has 0 fully saturated rings. The van der Waals surface area contributed by atoms with Gasteiger partial charge in [0.15, 0.2) is 0 Å². The molecule has 6 heteroatoms. The number of nitrogens with zero attached hydrogens (tertiary/aromatic N) is 2. The van der Waals surface area contributed by atoms with E-state index in [1.807, 2.05) is 0 Å². The lowest BCUT2D eigenvalue weighted by Gasteiger charge is -1.99. The van der Waals surface area contributed by atoms with Crippen molar-refractivity contribution in [3.8, 4) is 0 Å². The minimum Gasteiger partial charge on any atom is -0.330 e. The van der Waals surface area contributed by atoms with E-state index < -0.39 is 11.6 Å². The van der Waals surface area contributed by atoms with Crippen LogP contribution in [0.4, 0.5) is 8.78 Å². The molecule has 0 aliphatic heterocycles. The molecule has 0 unspecified atom stereocenters. The van der Waals surface area contributed by atoms with Gasteiger partial charge in [0.1, 0.15) is 21.6 Å². The van der Waals surface area contributed by atoms with Crippen molar-refractivity contribution in [1.29, 1.82) is 0 Å². The molecule has 0 aliphatic rings. The van der Waals surface area contributed by atoms with Crippen LogP contribution in [0.25, 0.3) is 0 Å². The molecule has 0 saturated carbocycles. The van der Waals surface area contributed by atoms with Gasteiger partial charge in [-0.05, 0) is 24.6 Å². The Kier molecular flexibility index (Phi) is 4.33. The molecule has 1 aromatic carbocycles. The molecule has 0 amide bonds. The number of aromatic nitrogens is 2. The molecule has 1 heterocycles. The monoisotopic (exact) mass is 269 g/mol. The molecular weight excluding hydrogens is 256 g/mol. The van der Waals surface area contributed by atoms with Crippen molar-refractivity contribution in [3.63, 3.8) is 0 Å². The standard InChI is InChI=1S/C12H13F2N3S/c13-9-4-3-8(10(14)7-9)6-12-17-16-11(18-12)2-1-5-15/h3-4,7H,1-2,5-6,15H2. The van der Waals surface area contributed by atoms with Crippen molar-refractivity contribution in [2.75, 3.05) is 6.54 Å². The fourth-order valence-corrected chi connectivity index (χ4v) is 2.45. The summed E-state index contributed by atoms with van der Waals surface area (Å²) in [6.07, 6.45) is 1.99. The minimum atomic E-state index is -0.572. The predicted octanol–water partition coefficient (Wildman–Crippen LogP) is 2.30. The van der Waals surface area contributed by atoms with Crippen LogP contribution in [0.5, 0.6) is 0 Å². The summed E-state index contributed by atoms with van der Waals surface area (Å²) >= 11 is 1.44. The third-order valence-electron chi connectivity index (χ3n) is 2.46. The third-order valence-corrected chi connectivity index (χ3v) is 3.44. The maximum Gasteiger partial charge on any atom is 0.129 e. The molecule has 0 atom stereocenters. The lowest BCUT2D eigenvalue weighted by atomic mass is 10.1. The fraction of sp³-hybridized carbons (Fsp3) is 0.333. The van der Waals surface area contributed by atoms with Crippen LogP contribution in [0.1, 0.15) is 22.0 Å². The Morgan fingerprint density at radius 2 is 1.94 bits per heavy atom. The van der Waals surface area contributed by atoms with E-state index in [0.29, 0.717) is 18.5 Å². The van der Waals surface area contributed by atoms with Crippen molar-refractivity contribution in [2.45, 2.75) is 19.3 Å². The van der Waals surface area contributed by atoms with Crippen molar-refractivity contribution in [1.82, 2.24) is 10.2 Å². The highest BCUT2D eigenvalue weighted by molar-refractivity contribution is 7.11. The maximum atomic E-state index is 13.4. The lowest BCUT2D eigenvalue weighted by molar-refractivity contribution is 0.574. The van der Waals surface area contributed by atoms with E-state index in [0.717, 1.165) is 28.9 Å². The Hall–Kier alpha value is -1.40. The topological polar surface area (TPSA) is 51.8 Å². The molecule has 3 nitrogen and oxygen atoms in total. The van der Waals surface area contributed by atoms with Crippen molar-refractivity contribution in [3.05, 3.63) is 45.4 Å². The molecule has 0 spiro atoms. The number of rotatable bonds is 5. The Morgan fingerprint density at radius 1 is 1.17 bits per heavy atom. The number of aryl methyl sites for hydroxylation is 1. The first-order valence-electron chi connectivity index (χ1n) is 5.64. The summed E-state index contributed by atoms with van der Waals surface area (Å²) in [5, 5.41) is 9.64. The van der Waals surface area contributed by atoms with E-state index in [4.69, 9.17) is 5.73 Å². The van der Waals surface area contributed by atoms with E-state index in [1.165, 1.54) is 23.5 Å². The van der Waals surface area contributed by atoms with Crippen molar-refractivity contribution in [2.24, 2.45) is 5.73 Å². The SMILES string of the molecule is NCCCc1nnc(Cc2ccc(F)cc2F)s1. The maximum absolute atomic E-state index is 13.4. The molecule has 2 N–H and O–H groups in total. The van der Waals surface area contributed by atoms with E-state index in [1.54, 1.807) is 0 Å². The largest absolute Gasteiger partial charge is 0.330 e. The molecule has 0 radical (unpaired) electrons. The van der Waals surface area contributed by atoms with Crippen LogP contribution in [0.2, 0.25) is 0 Å². The molecule has 0 aliphatic carbocycles. The van der Waals surface area contributed by atoms with Crippen LogP contribution >= 0.6 is 11.3 Å². The van der Waals surface area contributed by atoms with Gasteiger partial charge in [0.2, 0.25) is 0 Å². The smallest absolute Gasteiger partial charge is 0.129 e. The first-order chi connectivity index (χ1) is 8.69. The predicted molar refractivity (Wildman–Crippen MR) is 66.4 cm³/mol. The highest BCUT2D eigenvalue weighted by atomic mass is 32.1. The van der Waals surface area contributed by atoms with Gasteiger partial charge in [-0.25, -0.2) is 8.78 Å². The summed E-state index contributed by atoms with van der Waals surface area (Å²) in [5.74, 6) is -1.12. The second kappa shape index (κ2) is 5.97. The number of benzene rings is 1. The van der Waals surface area contributed by atoms with E-state index >= 15 is 0 Å². The Morgan fingerprint density at radius 3 is 2.67 bits per heavy atom. The summed E-state index contributed by atoms with van der Waals surface area (Å²) in [6.45, 7) is 0.613. The summed E-state index contributed by atoms with van der Waals surface area (Å²) in [4.78, 5) is 0. The molecular formula is C12H13F2N3S. The highest BCUT2D eigenvalue weighted by Crippen LogP contribution is 2.18. The van der Waals surface area contributed by atoms with Crippen molar-refractivity contribution >= 4 is 11.3 Å². The molecule has 1 aromatic heterocycles. The summed E-state index contributed by atoms with van der Waals surface area (Å²) in [5.41, 5.74) is 5.84. The minimum absolute atomic E-state index is 0.340. The van der Waals surface area contributed by atoms with Crippen LogP contribution in [-0.4, -0.2) is 16.7 Å². The van der Waals surface area contributed by atoms with Gasteiger partial charge in [0.05, 0.1) is 0 Å². The number of nitrogens with two attached hydrogens (primary N) is 1. The van der Waals surface area contributed by atoms with E-state index in [-0.39, 0.29) is 0 Å². The summed E-state index contributed by atoms with van der Waals surface area (Å²) < 4.78 is 26.2. The Balaban J connectivity index is 2.06. The molecule has 0 bridgehead atoms. The third kappa shape index (κ3) is 3.30. The van der Waals surface area contributed by atoms with E-state index in [2.05, 4.69) is 10.2 Å². The average Bonchev–Trinajstić information content (AvgIpc) is 2.78. The molecule has 18 heavy (non-hydrogen) atoms. The molecule has 96 valence electrons. The molecule has 2 rings (SSSR count). The first-order valence-corrected chi connectivity index (χ1v) is 6.46. The molecule has 2 aromatic rings. The summed E-state index contributed by atoms with van der Waals surface area (Å²) in [6, 6.07) is 3.56. The lowest BCUT2D eigenvalue weighted by Crippen LogP contribution is -1.99. The van der Waals surface area contributed by atoms with Gasteiger partial charge in [-0.2, -0.15) is 0 Å². The van der Waals surface area contributed by atoms with Gasteiger partial charge in [-0.1, -0.05) is 6.07 Å². The van der Waals surface area contributed by atoms with Crippen LogP contribution in [0, 0.1) is 11.6 Å². The van der Waals surface area contributed by atoms with Crippen LogP contribution < -0.4 is 5.73 Å². The number of halogens is 2. The quantitative estimate of drug-likeness (QED) is 0.906. The Labute approximate surface area is 108 Å². The van der Waals surface area contributed by atoms with Crippen LogP contribution in [-0.2, 0) is 12.8 Å². The Bertz CT molecular complexity index is 528. The van der Waals surface area contributed by atoms with Gasteiger partial charge in [0.25, 0.3) is 0 Å². The normalized spacial score (nSPS) is 10.8. The summed E-state index contributed by atoms with van der Waals surface area (Å²) in [7, 11) is 0. The first kappa shape index (κ1) is 13.0. The fourth-order valence-electron chi connectivity index (χ4n) is 1.54.